The van der Waals surface area contributed by atoms with Gasteiger partial charge in [-0.2, -0.15) is 10.4 Å². The predicted octanol–water partition coefficient (Wildman–Crippen LogP) is 0.0621. The highest BCUT2D eigenvalue weighted by atomic mass is 16.4. The third kappa shape index (κ3) is 1.40. The number of aromatic nitrogens is 2. The predicted molar refractivity (Wildman–Crippen MR) is 48.4 cm³/mol. The van der Waals surface area contributed by atoms with Crippen molar-refractivity contribution < 1.29 is 9.90 Å². The molecular formula is C8H10N4O2. The van der Waals surface area contributed by atoms with Crippen LogP contribution in [-0.4, -0.2) is 20.9 Å². The average molecular weight is 194 g/mol. The van der Waals surface area contributed by atoms with E-state index in [-0.39, 0.29) is 17.1 Å². The quantitative estimate of drug-likeness (QED) is 0.692. The molecule has 0 saturated heterocycles. The summed E-state index contributed by atoms with van der Waals surface area (Å²) in [5, 5.41) is 21.4. The van der Waals surface area contributed by atoms with Crippen molar-refractivity contribution in [3.63, 3.8) is 0 Å². The second kappa shape index (κ2) is 3.38. The molecule has 0 aliphatic heterocycles. The van der Waals surface area contributed by atoms with Gasteiger partial charge in [-0.15, -0.1) is 0 Å². The lowest BCUT2D eigenvalue weighted by Crippen LogP contribution is -2.09. The van der Waals surface area contributed by atoms with Crippen molar-refractivity contribution in [3.05, 3.63) is 11.3 Å². The number of carbonyl (C=O) groups is 1. The molecule has 0 aliphatic carbocycles. The lowest BCUT2D eigenvalue weighted by atomic mass is 10.0. The molecule has 1 atom stereocenters. The van der Waals surface area contributed by atoms with Gasteiger partial charge in [0.1, 0.15) is 17.5 Å². The number of carboxylic acid groups (broad SMARTS) is 1. The molecule has 1 heterocycles. The average Bonchev–Trinajstić information content (AvgIpc) is 2.41. The highest BCUT2D eigenvalue weighted by Gasteiger charge is 2.23. The molecule has 74 valence electrons. The highest BCUT2D eigenvalue weighted by molar-refractivity contribution is 5.76. The van der Waals surface area contributed by atoms with Crippen LogP contribution in [0.2, 0.25) is 0 Å². The third-order valence-electron chi connectivity index (χ3n) is 2.01. The molecule has 0 aliphatic rings. The van der Waals surface area contributed by atoms with Gasteiger partial charge in [-0.3, -0.25) is 9.48 Å². The van der Waals surface area contributed by atoms with Crippen molar-refractivity contribution in [3.8, 4) is 6.07 Å². The Kier molecular flexibility index (Phi) is 2.42. The Hall–Kier alpha value is -2.03. The maximum Gasteiger partial charge on any atom is 0.312 e. The second-order valence-electron chi connectivity index (χ2n) is 2.94. The monoisotopic (exact) mass is 194 g/mol. The number of aliphatic carboxylic acids is 1. The molecule has 0 saturated carbocycles. The van der Waals surface area contributed by atoms with Gasteiger partial charge < -0.3 is 10.8 Å². The second-order valence-corrected chi connectivity index (χ2v) is 2.94. The Labute approximate surface area is 80.6 Å². The lowest BCUT2D eigenvalue weighted by molar-refractivity contribution is -0.138. The van der Waals surface area contributed by atoms with Crippen LogP contribution < -0.4 is 5.73 Å². The summed E-state index contributed by atoms with van der Waals surface area (Å²) in [6, 6.07) is 1.85. The number of rotatable bonds is 2. The van der Waals surface area contributed by atoms with E-state index in [0.717, 1.165) is 0 Å². The molecule has 14 heavy (non-hydrogen) atoms. The van der Waals surface area contributed by atoms with E-state index in [2.05, 4.69) is 5.10 Å². The first-order chi connectivity index (χ1) is 6.49. The first-order valence-electron chi connectivity index (χ1n) is 3.94. The first kappa shape index (κ1) is 10.1. The minimum atomic E-state index is -1.03. The topological polar surface area (TPSA) is 105 Å². The van der Waals surface area contributed by atoms with Crippen molar-refractivity contribution in [1.29, 1.82) is 5.26 Å². The smallest absolute Gasteiger partial charge is 0.312 e. The number of nitrogens with two attached hydrogens (primary N) is 1. The van der Waals surface area contributed by atoms with Crippen molar-refractivity contribution >= 4 is 11.8 Å². The maximum atomic E-state index is 10.7. The van der Waals surface area contributed by atoms with Crippen LogP contribution in [0.4, 0.5) is 5.82 Å². The SMILES string of the molecule is CC(C(=O)O)c1nn(C)c(N)c1C#N. The number of carboxylic acids is 1. The lowest BCUT2D eigenvalue weighted by Gasteiger charge is -2.00. The molecule has 1 rings (SSSR count). The van der Waals surface area contributed by atoms with E-state index < -0.39 is 11.9 Å². The Balaban J connectivity index is 3.29. The summed E-state index contributed by atoms with van der Waals surface area (Å²) in [7, 11) is 1.56. The molecule has 0 radical (unpaired) electrons. The van der Waals surface area contributed by atoms with Crippen LogP contribution in [0.5, 0.6) is 0 Å². The van der Waals surface area contributed by atoms with Crippen molar-refractivity contribution in [2.75, 3.05) is 5.73 Å². The molecule has 6 nitrogen and oxygen atoms in total. The summed E-state index contributed by atoms with van der Waals surface area (Å²) >= 11 is 0. The summed E-state index contributed by atoms with van der Waals surface area (Å²) in [6.45, 7) is 1.46. The van der Waals surface area contributed by atoms with Crippen LogP contribution in [0.25, 0.3) is 0 Å². The Bertz CT molecular complexity index is 416. The fourth-order valence-corrected chi connectivity index (χ4v) is 1.09. The molecule has 0 bridgehead atoms. The number of nitrogens with zero attached hydrogens (tertiary/aromatic N) is 3. The molecule has 0 spiro atoms. The van der Waals surface area contributed by atoms with E-state index >= 15 is 0 Å². The molecule has 0 aromatic carbocycles. The highest BCUT2D eigenvalue weighted by Crippen LogP contribution is 2.22. The molecule has 1 aromatic rings. The fraction of sp³-hybridized carbons (Fsp3) is 0.375. The molecule has 1 unspecified atom stereocenters. The van der Waals surface area contributed by atoms with Gasteiger partial charge in [0.2, 0.25) is 0 Å². The Morgan fingerprint density at radius 1 is 1.79 bits per heavy atom. The van der Waals surface area contributed by atoms with Gasteiger partial charge in [-0.25, -0.2) is 0 Å². The van der Waals surface area contributed by atoms with E-state index in [9.17, 15) is 4.79 Å². The van der Waals surface area contributed by atoms with E-state index in [1.54, 1.807) is 7.05 Å². The number of anilines is 1. The van der Waals surface area contributed by atoms with Crippen LogP contribution in [-0.2, 0) is 11.8 Å². The largest absolute Gasteiger partial charge is 0.481 e. The number of aryl methyl sites for hydroxylation is 1. The summed E-state index contributed by atoms with van der Waals surface area (Å²) in [4.78, 5) is 10.7. The van der Waals surface area contributed by atoms with E-state index in [1.165, 1.54) is 11.6 Å². The van der Waals surface area contributed by atoms with Crippen LogP contribution in [0.3, 0.4) is 0 Å². The number of hydrogen-bond donors (Lipinski definition) is 2. The van der Waals surface area contributed by atoms with E-state index in [0.29, 0.717) is 0 Å². The van der Waals surface area contributed by atoms with Gasteiger partial charge in [-0.1, -0.05) is 0 Å². The standard InChI is InChI=1S/C8H10N4O2/c1-4(8(13)14)6-5(3-9)7(10)12(2)11-6/h4H,10H2,1-2H3,(H,13,14). The first-order valence-corrected chi connectivity index (χ1v) is 3.94. The van der Waals surface area contributed by atoms with E-state index in [1.807, 2.05) is 6.07 Å². The number of nitrogen functional groups attached to an aromatic ring is 1. The minimum absolute atomic E-state index is 0.141. The zero-order chi connectivity index (χ0) is 10.9. The molecule has 0 amide bonds. The van der Waals surface area contributed by atoms with Gasteiger partial charge in [-0.05, 0) is 6.92 Å². The minimum Gasteiger partial charge on any atom is -0.481 e. The maximum absolute atomic E-state index is 10.7. The van der Waals surface area contributed by atoms with Crippen molar-refractivity contribution in [2.24, 2.45) is 7.05 Å². The van der Waals surface area contributed by atoms with Gasteiger partial charge in [0.25, 0.3) is 0 Å². The van der Waals surface area contributed by atoms with Crippen molar-refractivity contribution in [2.45, 2.75) is 12.8 Å². The summed E-state index contributed by atoms with van der Waals surface area (Å²) < 4.78 is 1.30. The molecule has 0 fully saturated rings. The fourth-order valence-electron chi connectivity index (χ4n) is 1.09. The van der Waals surface area contributed by atoms with Crippen LogP contribution in [0.1, 0.15) is 24.1 Å². The van der Waals surface area contributed by atoms with Crippen LogP contribution in [0.15, 0.2) is 0 Å². The Morgan fingerprint density at radius 3 is 2.79 bits per heavy atom. The van der Waals surface area contributed by atoms with Gasteiger partial charge in [0.15, 0.2) is 0 Å². The van der Waals surface area contributed by atoms with Gasteiger partial charge in [0, 0.05) is 7.05 Å². The van der Waals surface area contributed by atoms with Gasteiger partial charge in [0.05, 0.1) is 11.6 Å². The van der Waals surface area contributed by atoms with Crippen molar-refractivity contribution in [1.82, 2.24) is 9.78 Å². The number of nitriles is 1. The molecular weight excluding hydrogens is 184 g/mol. The summed E-state index contributed by atoms with van der Waals surface area (Å²) in [5.74, 6) is -1.66. The zero-order valence-electron chi connectivity index (χ0n) is 7.85. The summed E-state index contributed by atoms with van der Waals surface area (Å²) in [6.07, 6.45) is 0. The van der Waals surface area contributed by atoms with Crippen LogP contribution in [0, 0.1) is 11.3 Å². The van der Waals surface area contributed by atoms with Gasteiger partial charge >= 0.3 is 5.97 Å². The normalized spacial score (nSPS) is 12.1. The van der Waals surface area contributed by atoms with E-state index in [4.69, 9.17) is 16.1 Å². The number of hydrogen-bond acceptors (Lipinski definition) is 4. The molecule has 1 aromatic heterocycles. The molecule has 3 N–H and O–H groups in total. The van der Waals surface area contributed by atoms with Crippen LogP contribution >= 0.6 is 0 Å². The summed E-state index contributed by atoms with van der Waals surface area (Å²) in [5.41, 5.74) is 5.89. The third-order valence-corrected chi connectivity index (χ3v) is 2.01. The molecule has 6 heteroatoms. The zero-order valence-corrected chi connectivity index (χ0v) is 7.85. The Morgan fingerprint density at radius 2 is 2.36 bits per heavy atom.